The molecule has 1 aliphatic rings. The molecule has 12 heteroatoms. The Hall–Kier alpha value is -2.67. The van der Waals surface area contributed by atoms with Crippen LogP contribution in [0.2, 0.25) is 0 Å². The summed E-state index contributed by atoms with van der Waals surface area (Å²) in [5, 5.41) is 0.679. The fraction of sp³-hybridized carbons (Fsp3) is 0.381. The number of ether oxygens (including phenoxy) is 2. The molecule has 0 unspecified atom stereocenters. The van der Waals surface area contributed by atoms with E-state index in [4.69, 9.17) is 9.47 Å². The summed E-state index contributed by atoms with van der Waals surface area (Å²) in [7, 11) is -0.781. The number of hydrogen-bond acceptors (Lipinski definition) is 8. The Balaban J connectivity index is 1.55. The van der Waals surface area contributed by atoms with Gasteiger partial charge in [0.25, 0.3) is 5.91 Å². The van der Waals surface area contributed by atoms with Gasteiger partial charge in [-0.05, 0) is 30.7 Å². The van der Waals surface area contributed by atoms with Gasteiger partial charge in [-0.2, -0.15) is 9.29 Å². The number of aromatic nitrogens is 2. The van der Waals surface area contributed by atoms with Gasteiger partial charge in [-0.3, -0.25) is 4.79 Å². The lowest BCUT2D eigenvalue weighted by molar-refractivity contribution is 0.0702. The van der Waals surface area contributed by atoms with Gasteiger partial charge in [0.1, 0.15) is 17.3 Å². The second-order valence-electron chi connectivity index (χ2n) is 7.47. The molecule has 1 amide bonds. The normalized spacial score (nSPS) is 15.2. The van der Waals surface area contributed by atoms with Crippen molar-refractivity contribution in [3.8, 4) is 5.88 Å². The molecule has 0 atom stereocenters. The summed E-state index contributed by atoms with van der Waals surface area (Å²) in [5.74, 6) is 0.0232. The molecule has 0 saturated carbocycles. The minimum Gasteiger partial charge on any atom is -0.480 e. The molecule has 1 aromatic carbocycles. The number of aryl methyl sites for hydroxylation is 1. The molecule has 1 aliphatic heterocycles. The van der Waals surface area contributed by atoms with Gasteiger partial charge in [0.2, 0.25) is 15.9 Å². The van der Waals surface area contributed by atoms with Crippen molar-refractivity contribution in [2.24, 2.45) is 0 Å². The molecule has 0 N–H and O–H groups in total. The van der Waals surface area contributed by atoms with E-state index in [2.05, 4.69) is 9.97 Å². The molecule has 4 rings (SSSR count). The molecule has 1 fully saturated rings. The van der Waals surface area contributed by atoms with Crippen LogP contribution in [-0.2, 0) is 21.4 Å². The predicted molar refractivity (Wildman–Crippen MR) is 120 cm³/mol. The van der Waals surface area contributed by atoms with Gasteiger partial charge >= 0.3 is 0 Å². The Kier molecular flexibility index (Phi) is 6.61. The fourth-order valence-electron chi connectivity index (χ4n) is 3.74. The molecule has 33 heavy (non-hydrogen) atoms. The lowest BCUT2D eigenvalue weighted by Gasteiger charge is -2.33. The zero-order valence-corrected chi connectivity index (χ0v) is 20.0. The molecular weight excluding hydrogens is 471 g/mol. The number of thiophene rings is 1. The predicted octanol–water partition coefficient (Wildman–Crippen LogP) is 2.44. The van der Waals surface area contributed by atoms with Crippen molar-refractivity contribution in [2.75, 3.05) is 40.4 Å². The van der Waals surface area contributed by atoms with Gasteiger partial charge in [0.15, 0.2) is 5.82 Å². The van der Waals surface area contributed by atoms with Gasteiger partial charge in [0, 0.05) is 33.3 Å². The minimum absolute atomic E-state index is 0.0971. The third kappa shape index (κ3) is 4.43. The molecule has 2 aromatic heterocycles. The summed E-state index contributed by atoms with van der Waals surface area (Å²) in [6.07, 6.45) is 0. The van der Waals surface area contributed by atoms with E-state index < -0.39 is 15.8 Å². The van der Waals surface area contributed by atoms with Crippen LogP contribution in [-0.4, -0.2) is 73.9 Å². The molecule has 0 bridgehead atoms. The summed E-state index contributed by atoms with van der Waals surface area (Å²) in [5.41, 5.74) is 0.718. The van der Waals surface area contributed by atoms with Gasteiger partial charge in [-0.25, -0.2) is 17.8 Å². The number of methoxy groups -OCH3 is 2. The monoisotopic (exact) mass is 494 g/mol. The van der Waals surface area contributed by atoms with E-state index >= 15 is 0 Å². The van der Waals surface area contributed by atoms with Crippen molar-refractivity contribution in [1.29, 1.82) is 0 Å². The van der Waals surface area contributed by atoms with Crippen LogP contribution < -0.4 is 4.74 Å². The number of carbonyl (C=O) groups is 1. The van der Waals surface area contributed by atoms with Crippen LogP contribution >= 0.6 is 11.3 Å². The molecule has 3 aromatic rings. The minimum atomic E-state index is -3.83. The number of amides is 1. The highest BCUT2D eigenvalue weighted by molar-refractivity contribution is 7.89. The Morgan fingerprint density at radius 2 is 1.91 bits per heavy atom. The van der Waals surface area contributed by atoms with Crippen LogP contribution in [0.5, 0.6) is 5.88 Å². The van der Waals surface area contributed by atoms with E-state index in [0.29, 0.717) is 26.8 Å². The first kappa shape index (κ1) is 23.5. The van der Waals surface area contributed by atoms with Gasteiger partial charge in [0.05, 0.1) is 22.3 Å². The van der Waals surface area contributed by atoms with Crippen LogP contribution in [0, 0.1) is 12.7 Å². The Labute approximate surface area is 194 Å². The van der Waals surface area contributed by atoms with Gasteiger partial charge in [-0.1, -0.05) is 6.07 Å². The number of hydrogen-bond donors (Lipinski definition) is 0. The number of carbonyl (C=O) groups excluding carboxylic acids is 1. The van der Waals surface area contributed by atoms with Crippen molar-refractivity contribution in [2.45, 2.75) is 18.4 Å². The smallest absolute Gasteiger partial charge is 0.264 e. The average Bonchev–Trinajstić information content (AvgIpc) is 3.14. The maximum absolute atomic E-state index is 13.5. The average molecular weight is 495 g/mol. The van der Waals surface area contributed by atoms with Crippen molar-refractivity contribution in [3.63, 3.8) is 0 Å². The van der Waals surface area contributed by atoms with Gasteiger partial charge < -0.3 is 14.4 Å². The summed E-state index contributed by atoms with van der Waals surface area (Å²) >= 11 is 1.25. The van der Waals surface area contributed by atoms with E-state index in [1.54, 1.807) is 12.0 Å². The molecule has 0 radical (unpaired) electrons. The van der Waals surface area contributed by atoms with E-state index in [1.807, 2.05) is 6.92 Å². The second-order valence-corrected chi connectivity index (χ2v) is 10.4. The van der Waals surface area contributed by atoms with Crippen LogP contribution in [0.1, 0.15) is 21.1 Å². The maximum Gasteiger partial charge on any atom is 0.264 e. The fourth-order valence-corrected chi connectivity index (χ4v) is 6.35. The van der Waals surface area contributed by atoms with Crippen LogP contribution in [0.3, 0.4) is 0 Å². The molecule has 9 nitrogen and oxygen atoms in total. The highest BCUT2D eigenvalue weighted by Crippen LogP contribution is 2.36. The van der Waals surface area contributed by atoms with Crippen LogP contribution in [0.25, 0.3) is 10.2 Å². The molecule has 0 aliphatic carbocycles. The van der Waals surface area contributed by atoms with E-state index in [1.165, 1.54) is 41.0 Å². The largest absolute Gasteiger partial charge is 0.480 e. The quantitative estimate of drug-likeness (QED) is 0.519. The van der Waals surface area contributed by atoms with Crippen molar-refractivity contribution < 1.29 is 27.1 Å². The number of halogens is 1. The van der Waals surface area contributed by atoms with Crippen molar-refractivity contribution in [3.05, 3.63) is 46.3 Å². The standard InChI is InChI=1S/C21H23FN4O5S2/c1-13-17-19(31-3)23-16(12-30-2)24-20(17)32-18(13)21(27)25-7-9-26(10-8-25)33(28,29)15-6-4-5-14(22)11-15/h4-6,11H,7-10,12H2,1-3H3. The summed E-state index contributed by atoms with van der Waals surface area (Å²) in [6, 6.07) is 4.92. The zero-order chi connectivity index (χ0) is 23.8. The SMILES string of the molecule is COCc1nc(OC)c2c(C)c(C(=O)N3CCN(S(=O)(=O)c4cccc(F)c4)CC3)sc2n1. The highest BCUT2D eigenvalue weighted by Gasteiger charge is 2.32. The third-order valence-corrected chi connectivity index (χ3v) is 8.49. The number of fused-ring (bicyclic) bond motifs is 1. The molecular formula is C21H23FN4O5S2. The van der Waals surface area contributed by atoms with Crippen molar-refractivity contribution >= 4 is 37.5 Å². The summed E-state index contributed by atoms with van der Waals surface area (Å²) < 4.78 is 51.0. The highest BCUT2D eigenvalue weighted by atomic mass is 32.2. The van der Waals surface area contributed by atoms with Crippen LogP contribution in [0.4, 0.5) is 4.39 Å². The molecule has 3 heterocycles. The van der Waals surface area contributed by atoms with Gasteiger partial charge in [-0.15, -0.1) is 11.3 Å². The molecule has 0 spiro atoms. The third-order valence-electron chi connectivity index (χ3n) is 5.42. The zero-order valence-electron chi connectivity index (χ0n) is 18.4. The summed E-state index contributed by atoms with van der Waals surface area (Å²) in [6.45, 7) is 2.72. The van der Waals surface area contributed by atoms with Crippen molar-refractivity contribution in [1.82, 2.24) is 19.2 Å². The number of piperazine rings is 1. The first-order chi connectivity index (χ1) is 15.8. The topological polar surface area (TPSA) is 102 Å². The lowest BCUT2D eigenvalue weighted by Crippen LogP contribution is -2.50. The summed E-state index contributed by atoms with van der Waals surface area (Å²) in [4.78, 5) is 24.8. The Morgan fingerprint density at radius 1 is 1.18 bits per heavy atom. The number of rotatable bonds is 6. The van der Waals surface area contributed by atoms with Crippen LogP contribution in [0.15, 0.2) is 29.2 Å². The molecule has 176 valence electrons. The lowest BCUT2D eigenvalue weighted by atomic mass is 10.2. The number of benzene rings is 1. The second kappa shape index (κ2) is 9.29. The van der Waals surface area contributed by atoms with E-state index in [9.17, 15) is 17.6 Å². The Bertz CT molecular complexity index is 1300. The first-order valence-electron chi connectivity index (χ1n) is 10.1. The Morgan fingerprint density at radius 3 is 2.55 bits per heavy atom. The maximum atomic E-state index is 13.5. The first-order valence-corrected chi connectivity index (χ1v) is 12.4. The number of sulfonamides is 1. The van der Waals surface area contributed by atoms with E-state index in [0.717, 1.165) is 11.6 Å². The number of nitrogens with zero attached hydrogens (tertiary/aromatic N) is 4. The van der Waals surface area contributed by atoms with E-state index in [-0.39, 0.29) is 43.6 Å². The molecule has 1 saturated heterocycles.